The van der Waals surface area contributed by atoms with Crippen LogP contribution in [0.25, 0.3) is 0 Å². The second kappa shape index (κ2) is 5.82. The molecule has 5 aliphatic rings. The maximum Gasteiger partial charge on any atom is 0.247 e. The van der Waals surface area contributed by atoms with Crippen LogP contribution in [0.1, 0.15) is 13.3 Å². The third-order valence-electron chi connectivity index (χ3n) is 6.65. The van der Waals surface area contributed by atoms with Crippen molar-refractivity contribution in [1.82, 2.24) is 4.90 Å². The number of nitrogens with one attached hydrogen (secondary N) is 1. The van der Waals surface area contributed by atoms with Crippen LogP contribution in [0.4, 0.5) is 5.69 Å². The van der Waals surface area contributed by atoms with Crippen LogP contribution in [0.3, 0.4) is 0 Å². The minimum absolute atomic E-state index is 0.143. The number of rotatable bonds is 3. The van der Waals surface area contributed by atoms with Gasteiger partial charge in [-0.25, -0.2) is 0 Å². The molecule has 1 N–H and O–H groups in total. The zero-order valence-electron chi connectivity index (χ0n) is 14.6. The maximum atomic E-state index is 13.1. The average Bonchev–Trinajstić information content (AvgIpc) is 3.42. The molecule has 0 unspecified atom stereocenters. The summed E-state index contributed by atoms with van der Waals surface area (Å²) in [6, 6.07) is 3.84. The molecule has 6 rings (SSSR count). The Morgan fingerprint density at radius 2 is 1.70 bits per heavy atom. The zero-order chi connectivity index (χ0) is 19.0. The molecule has 1 aliphatic heterocycles. The number of hydrogen-bond acceptors (Lipinski definition) is 3. The van der Waals surface area contributed by atoms with Crippen LogP contribution >= 0.6 is 23.2 Å². The first-order chi connectivity index (χ1) is 12.9. The molecule has 0 spiro atoms. The lowest BCUT2D eigenvalue weighted by Crippen LogP contribution is -2.46. The van der Waals surface area contributed by atoms with Gasteiger partial charge in [0.1, 0.15) is 6.04 Å². The molecule has 1 aromatic rings. The first-order valence-corrected chi connectivity index (χ1v) is 9.95. The van der Waals surface area contributed by atoms with E-state index in [1.807, 2.05) is 0 Å². The van der Waals surface area contributed by atoms with Crippen LogP contribution in [0.15, 0.2) is 30.4 Å². The van der Waals surface area contributed by atoms with E-state index in [-0.39, 0.29) is 35.5 Å². The molecule has 4 aliphatic carbocycles. The minimum atomic E-state index is -0.902. The fourth-order valence-corrected chi connectivity index (χ4v) is 5.65. The van der Waals surface area contributed by atoms with E-state index in [0.29, 0.717) is 27.6 Å². The van der Waals surface area contributed by atoms with E-state index in [2.05, 4.69) is 17.5 Å². The summed E-state index contributed by atoms with van der Waals surface area (Å²) >= 11 is 12.1. The van der Waals surface area contributed by atoms with Gasteiger partial charge in [-0.15, -0.1) is 0 Å². The van der Waals surface area contributed by atoms with Crippen LogP contribution in [-0.4, -0.2) is 28.7 Å². The number of allylic oxidation sites excluding steroid dienone is 2. The van der Waals surface area contributed by atoms with Crippen molar-refractivity contribution in [3.8, 4) is 0 Å². The summed E-state index contributed by atoms with van der Waals surface area (Å²) in [6.45, 7) is 1.58. The predicted octanol–water partition coefficient (Wildman–Crippen LogP) is 3.37. The van der Waals surface area contributed by atoms with Crippen molar-refractivity contribution in [1.29, 1.82) is 0 Å². The van der Waals surface area contributed by atoms with Gasteiger partial charge in [-0.1, -0.05) is 35.4 Å². The Balaban J connectivity index is 1.39. The molecule has 7 heteroatoms. The number of halogens is 2. The third kappa shape index (κ3) is 2.41. The molecule has 3 fully saturated rings. The average molecular weight is 405 g/mol. The van der Waals surface area contributed by atoms with Gasteiger partial charge >= 0.3 is 0 Å². The largest absolute Gasteiger partial charge is 0.323 e. The van der Waals surface area contributed by atoms with Gasteiger partial charge in [0.25, 0.3) is 0 Å². The SMILES string of the molecule is C[C@H](C(=O)Nc1cc(Cl)ccc1Cl)N1C(=O)[C@H]2[C@@H]3C=C[C@H]([C@H]4C[C@H]34)[C@@H]2C1=O. The minimum Gasteiger partial charge on any atom is -0.323 e. The Labute approximate surface area is 166 Å². The molecule has 3 amide bonds. The summed E-state index contributed by atoms with van der Waals surface area (Å²) in [4.78, 5) is 40.0. The van der Waals surface area contributed by atoms with E-state index in [9.17, 15) is 14.4 Å². The highest BCUT2D eigenvalue weighted by molar-refractivity contribution is 6.35. The van der Waals surface area contributed by atoms with Crippen molar-refractivity contribution in [2.45, 2.75) is 19.4 Å². The van der Waals surface area contributed by atoms with Crippen molar-refractivity contribution >= 4 is 46.6 Å². The molecule has 27 heavy (non-hydrogen) atoms. The lowest BCUT2D eigenvalue weighted by Gasteiger charge is -2.37. The number of amides is 3. The summed E-state index contributed by atoms with van der Waals surface area (Å²) in [7, 11) is 0. The van der Waals surface area contributed by atoms with Gasteiger partial charge in [0, 0.05) is 5.02 Å². The summed E-state index contributed by atoms with van der Waals surface area (Å²) in [5.74, 6) is -0.135. The highest BCUT2D eigenvalue weighted by Crippen LogP contribution is 2.65. The van der Waals surface area contributed by atoms with Gasteiger partial charge in [0.15, 0.2) is 0 Å². The number of likely N-dealkylation sites (tertiary alicyclic amines) is 1. The van der Waals surface area contributed by atoms with Crippen molar-refractivity contribution in [2.75, 3.05) is 5.32 Å². The van der Waals surface area contributed by atoms with E-state index in [1.54, 1.807) is 25.1 Å². The summed E-state index contributed by atoms with van der Waals surface area (Å²) in [6.07, 6.45) is 5.34. The number of hydrogen-bond donors (Lipinski definition) is 1. The maximum absolute atomic E-state index is 13.1. The zero-order valence-corrected chi connectivity index (χ0v) is 16.1. The van der Waals surface area contributed by atoms with Gasteiger partial charge in [-0.3, -0.25) is 19.3 Å². The van der Waals surface area contributed by atoms with Crippen molar-refractivity contribution < 1.29 is 14.4 Å². The first kappa shape index (κ1) is 17.3. The summed E-state index contributed by atoms with van der Waals surface area (Å²) < 4.78 is 0. The van der Waals surface area contributed by atoms with Crippen LogP contribution in [-0.2, 0) is 14.4 Å². The van der Waals surface area contributed by atoms with E-state index in [4.69, 9.17) is 23.2 Å². The van der Waals surface area contributed by atoms with Gasteiger partial charge in [0.05, 0.1) is 22.5 Å². The van der Waals surface area contributed by atoms with Gasteiger partial charge in [0.2, 0.25) is 17.7 Å². The van der Waals surface area contributed by atoms with Gasteiger partial charge in [-0.2, -0.15) is 0 Å². The van der Waals surface area contributed by atoms with E-state index >= 15 is 0 Å². The normalized spacial score (nSPS) is 36.5. The number of nitrogens with zero attached hydrogens (tertiary/aromatic N) is 1. The van der Waals surface area contributed by atoms with Crippen molar-refractivity contribution in [3.63, 3.8) is 0 Å². The molecule has 2 saturated carbocycles. The summed E-state index contributed by atoms with van der Waals surface area (Å²) in [5, 5.41) is 3.47. The van der Waals surface area contributed by atoms with Crippen LogP contribution in [0, 0.1) is 35.5 Å². The molecule has 1 heterocycles. The number of imide groups is 1. The van der Waals surface area contributed by atoms with Gasteiger partial charge < -0.3 is 5.32 Å². The van der Waals surface area contributed by atoms with Crippen LogP contribution in [0.5, 0.6) is 0 Å². The molecule has 140 valence electrons. The predicted molar refractivity (Wildman–Crippen MR) is 101 cm³/mol. The topological polar surface area (TPSA) is 66.5 Å². The molecule has 1 saturated heterocycles. The fraction of sp³-hybridized carbons (Fsp3) is 0.450. The van der Waals surface area contributed by atoms with E-state index < -0.39 is 11.9 Å². The van der Waals surface area contributed by atoms with Gasteiger partial charge in [-0.05, 0) is 55.2 Å². The van der Waals surface area contributed by atoms with Crippen molar-refractivity contribution in [3.05, 3.63) is 40.4 Å². The van der Waals surface area contributed by atoms with E-state index in [0.717, 1.165) is 6.42 Å². The molecular weight excluding hydrogens is 387 g/mol. The third-order valence-corrected chi connectivity index (χ3v) is 7.21. The molecule has 7 atom stereocenters. The molecule has 1 aromatic carbocycles. The molecule has 5 nitrogen and oxygen atoms in total. The lowest BCUT2D eigenvalue weighted by atomic mass is 9.63. The number of carbonyl (C=O) groups excluding carboxylic acids is 3. The Morgan fingerprint density at radius 1 is 1.11 bits per heavy atom. The monoisotopic (exact) mass is 404 g/mol. The second-order valence-corrected chi connectivity index (χ2v) is 8.83. The van der Waals surface area contributed by atoms with Crippen LogP contribution in [0.2, 0.25) is 10.0 Å². The Hall–Kier alpha value is -1.85. The Kier molecular flexibility index (Phi) is 3.72. The summed E-state index contributed by atoms with van der Waals surface area (Å²) in [5.41, 5.74) is 0.362. The number of carbonyl (C=O) groups is 3. The highest BCUT2D eigenvalue weighted by atomic mass is 35.5. The molecule has 0 aromatic heterocycles. The standard InChI is InChI=1S/C20H18Cl2N2O3/c1-8(18(25)23-15-6-9(21)2-5-14(15)22)24-19(26)16-10-3-4-11(13-7-12(10)13)17(16)20(24)27/h2-6,8,10-13,16-17H,7H2,1H3,(H,23,25)/t8-,10-,11-,12-,13-,16+,17+/m1/s1. The molecule has 0 radical (unpaired) electrons. The smallest absolute Gasteiger partial charge is 0.247 e. The number of anilines is 1. The van der Waals surface area contributed by atoms with Crippen LogP contribution < -0.4 is 5.32 Å². The van der Waals surface area contributed by atoms with Crippen molar-refractivity contribution in [2.24, 2.45) is 35.5 Å². The molecule has 2 bridgehead atoms. The quantitative estimate of drug-likeness (QED) is 0.620. The first-order valence-electron chi connectivity index (χ1n) is 9.19. The second-order valence-electron chi connectivity index (χ2n) is 7.99. The lowest BCUT2D eigenvalue weighted by molar-refractivity contribution is -0.146. The Bertz CT molecular complexity index is 878. The fourth-order valence-electron chi connectivity index (χ4n) is 5.31. The number of benzene rings is 1. The Morgan fingerprint density at radius 3 is 2.30 bits per heavy atom. The highest BCUT2D eigenvalue weighted by Gasteiger charge is 2.67. The van der Waals surface area contributed by atoms with E-state index in [1.165, 1.54) is 4.90 Å². The molecular formula is C20H18Cl2N2O3.